The fourth-order valence-corrected chi connectivity index (χ4v) is 9.16. The normalized spacial score (nSPS) is 19.2. The Morgan fingerprint density at radius 2 is 2.06 bits per heavy atom. The van der Waals surface area contributed by atoms with E-state index >= 15 is 0 Å². The van der Waals surface area contributed by atoms with E-state index < -0.39 is 35.5 Å². The predicted octanol–water partition coefficient (Wildman–Crippen LogP) is 4.78. The third kappa shape index (κ3) is 13.0. The van der Waals surface area contributed by atoms with Crippen LogP contribution in [-0.4, -0.2) is 67.2 Å². The predicted molar refractivity (Wildman–Crippen MR) is 155 cm³/mol. The Morgan fingerprint density at radius 3 is 2.61 bits per heavy atom. The van der Waals surface area contributed by atoms with Gasteiger partial charge in [-0.2, -0.15) is 0 Å². The van der Waals surface area contributed by atoms with Gasteiger partial charge >= 0.3 is 228 Å². The van der Waals surface area contributed by atoms with Crippen LogP contribution in [0.2, 0.25) is 0 Å². The molecule has 0 amide bonds. The topological polar surface area (TPSA) is 120 Å². The maximum atomic E-state index is 11.3. The van der Waals surface area contributed by atoms with Gasteiger partial charge in [-0.05, 0) is 0 Å². The molecule has 0 aromatic carbocycles. The van der Waals surface area contributed by atoms with Crippen molar-refractivity contribution in [3.63, 3.8) is 0 Å². The van der Waals surface area contributed by atoms with Gasteiger partial charge in [0.05, 0.1) is 0 Å². The molecular formula is C21H38I2N2O6S2. The molecule has 8 nitrogen and oxygen atoms in total. The number of aliphatic hydroxyl groups is 2. The molecule has 194 valence electrons. The Kier molecular flexibility index (Phi) is 16.6. The summed E-state index contributed by atoms with van der Waals surface area (Å²) >= 11 is -0.940. The molecule has 0 aromatic rings. The number of hydrogen-bond donors (Lipinski definition) is 5. The standard InChI is InChI=1S/C21H38I2N2O6S2/c1-6-8-31-23(16(4)14(2)10-19(22)33(28)29)21(27)25-20(32-15(3)7-9-30-5)13-24-12-17-11-18(17)26/h10,15,20-21,24-27H,6-9,11-13H2,1-5H3,(H,28,29). The van der Waals surface area contributed by atoms with Crippen LogP contribution < -0.4 is 10.6 Å². The van der Waals surface area contributed by atoms with E-state index in [0.29, 0.717) is 46.6 Å². The summed E-state index contributed by atoms with van der Waals surface area (Å²) < 4.78 is 32.4. The van der Waals surface area contributed by atoms with Crippen LogP contribution in [-0.2, 0) is 18.9 Å². The van der Waals surface area contributed by atoms with Gasteiger partial charge in [-0.1, -0.05) is 0 Å². The monoisotopic (exact) mass is 732 g/mol. The summed E-state index contributed by atoms with van der Waals surface area (Å²) in [6, 6.07) is 0. The van der Waals surface area contributed by atoms with Crippen molar-refractivity contribution in [3.8, 4) is 0 Å². The first-order valence-corrected chi connectivity index (χ1v) is 17.1. The number of rotatable bonds is 18. The summed E-state index contributed by atoms with van der Waals surface area (Å²) in [6.45, 7) is 10.5. The number of aliphatic hydroxyl groups excluding tert-OH is 2. The third-order valence-electron chi connectivity index (χ3n) is 4.69. The van der Waals surface area contributed by atoms with Gasteiger partial charge in [0.1, 0.15) is 0 Å². The Bertz CT molecular complexity index is 736. The minimum atomic E-state index is -2.50. The number of hydrogen-bond acceptors (Lipinski definition) is 8. The van der Waals surface area contributed by atoms with E-state index in [4.69, 9.17) is 7.80 Å². The molecule has 0 fully saturated rings. The molecule has 0 saturated carbocycles. The van der Waals surface area contributed by atoms with Crippen molar-refractivity contribution < 1.29 is 26.8 Å². The number of allylic oxidation sites excluding steroid dienone is 4. The molecule has 12 heteroatoms. The summed E-state index contributed by atoms with van der Waals surface area (Å²) in [4.78, 5) is 0. The first kappa shape index (κ1) is 31.8. The van der Waals surface area contributed by atoms with E-state index in [0.717, 1.165) is 27.6 Å². The number of methoxy groups -OCH3 is 1. The van der Waals surface area contributed by atoms with Crippen molar-refractivity contribution in [2.24, 2.45) is 0 Å². The van der Waals surface area contributed by atoms with Gasteiger partial charge < -0.3 is 0 Å². The van der Waals surface area contributed by atoms with Crippen molar-refractivity contribution in [2.45, 2.75) is 61.8 Å². The molecular weight excluding hydrogens is 694 g/mol. The van der Waals surface area contributed by atoms with Crippen LogP contribution in [0.15, 0.2) is 29.5 Å². The molecule has 0 spiro atoms. The van der Waals surface area contributed by atoms with Gasteiger partial charge in [0.2, 0.25) is 0 Å². The maximum absolute atomic E-state index is 11.3. The number of halogens is 2. The van der Waals surface area contributed by atoms with Crippen LogP contribution in [0.5, 0.6) is 0 Å². The van der Waals surface area contributed by atoms with Crippen molar-refractivity contribution in [2.75, 3.05) is 33.4 Å². The second-order valence-electron chi connectivity index (χ2n) is 7.58. The molecule has 0 saturated heterocycles. The quantitative estimate of drug-likeness (QED) is 0.0339. The number of thioether (sulfide) groups is 1. The molecule has 0 heterocycles. The molecule has 33 heavy (non-hydrogen) atoms. The molecule has 0 bridgehead atoms. The van der Waals surface area contributed by atoms with E-state index in [-0.39, 0.29) is 5.37 Å². The van der Waals surface area contributed by atoms with E-state index in [2.05, 4.69) is 17.6 Å². The van der Waals surface area contributed by atoms with E-state index in [1.807, 2.05) is 43.4 Å². The number of alkyl halides is 1. The fourth-order valence-electron chi connectivity index (χ4n) is 2.59. The van der Waals surface area contributed by atoms with Gasteiger partial charge in [-0.3, -0.25) is 0 Å². The summed E-state index contributed by atoms with van der Waals surface area (Å²) in [6.07, 6.45) is 4.10. The van der Waals surface area contributed by atoms with Gasteiger partial charge in [-0.25, -0.2) is 0 Å². The fraction of sp³-hybridized carbons (Fsp3) is 0.714. The Morgan fingerprint density at radius 1 is 1.39 bits per heavy atom. The molecule has 1 rings (SSSR count). The van der Waals surface area contributed by atoms with Crippen molar-refractivity contribution in [1.29, 1.82) is 0 Å². The summed E-state index contributed by atoms with van der Waals surface area (Å²) in [5.41, 5.74) is 1.87. The molecule has 0 aliphatic heterocycles. The van der Waals surface area contributed by atoms with E-state index in [1.165, 1.54) is 0 Å². The number of nitrogens with one attached hydrogen (secondary N) is 2. The molecule has 0 aromatic heterocycles. The van der Waals surface area contributed by atoms with Crippen molar-refractivity contribution in [3.05, 3.63) is 29.5 Å². The third-order valence-corrected chi connectivity index (χ3v) is 12.9. The second-order valence-corrected chi connectivity index (χ2v) is 17.1. The van der Waals surface area contributed by atoms with E-state index in [1.54, 1.807) is 24.9 Å². The Labute approximate surface area is 226 Å². The summed E-state index contributed by atoms with van der Waals surface area (Å²) in [7, 11) is 1.69. The second kappa shape index (κ2) is 17.2. The van der Waals surface area contributed by atoms with Crippen LogP contribution in [0.25, 0.3) is 0 Å². The van der Waals surface area contributed by atoms with Gasteiger partial charge in [-0.15, -0.1) is 0 Å². The minimum absolute atomic E-state index is 0.0629. The molecule has 1 aliphatic rings. The van der Waals surface area contributed by atoms with Crippen LogP contribution in [0, 0.1) is 0 Å². The first-order valence-electron chi connectivity index (χ1n) is 10.8. The van der Waals surface area contributed by atoms with Gasteiger partial charge in [0, 0.05) is 0 Å². The molecule has 5 N–H and O–H groups in total. The number of ether oxygens (including phenoxy) is 1. The van der Waals surface area contributed by atoms with Crippen LogP contribution in [0.3, 0.4) is 0 Å². The molecule has 1 aliphatic carbocycles. The average Bonchev–Trinajstić information content (AvgIpc) is 3.46. The van der Waals surface area contributed by atoms with Crippen molar-refractivity contribution >= 4 is 65.7 Å². The SMILES string of the molecule is CCCOI(C(C)=C(C)C=C(I)S(=O)O)C(O)NC(CNCC1=C(O)C1)SC(C)CCOC. The van der Waals surface area contributed by atoms with Crippen molar-refractivity contribution in [1.82, 2.24) is 10.6 Å². The van der Waals surface area contributed by atoms with Gasteiger partial charge in [0.15, 0.2) is 0 Å². The molecule has 4 unspecified atom stereocenters. The summed E-state index contributed by atoms with van der Waals surface area (Å²) in [5.74, 6) is 0.470. The Hall–Kier alpha value is 0.740. The zero-order chi connectivity index (χ0) is 25.0. The zero-order valence-corrected chi connectivity index (χ0v) is 25.8. The average molecular weight is 732 g/mol. The zero-order valence-electron chi connectivity index (χ0n) is 19.9. The molecule has 0 radical (unpaired) electrons. The van der Waals surface area contributed by atoms with Gasteiger partial charge in [0.25, 0.3) is 0 Å². The van der Waals surface area contributed by atoms with Crippen LogP contribution in [0.4, 0.5) is 0 Å². The van der Waals surface area contributed by atoms with Crippen LogP contribution >= 0.6 is 54.6 Å². The van der Waals surface area contributed by atoms with Crippen LogP contribution in [0.1, 0.15) is 47.0 Å². The molecule has 4 atom stereocenters. The summed E-state index contributed by atoms with van der Waals surface area (Å²) in [5, 5.41) is 27.6. The Balaban J connectivity index is 2.94. The first-order chi connectivity index (χ1) is 15.6. The van der Waals surface area contributed by atoms with E-state index in [9.17, 15) is 19.0 Å².